The lowest BCUT2D eigenvalue weighted by Crippen LogP contribution is -2.44. The van der Waals surface area contributed by atoms with Crippen LogP contribution in [0.15, 0.2) is 52.9 Å². The van der Waals surface area contributed by atoms with Gasteiger partial charge in [0.1, 0.15) is 5.58 Å². The van der Waals surface area contributed by atoms with Crippen molar-refractivity contribution in [3.05, 3.63) is 71.0 Å². The zero-order chi connectivity index (χ0) is 19.6. The molecular formula is C22H20N2O3. The number of rotatable bonds is 5. The highest BCUT2D eigenvalue weighted by Gasteiger charge is 2.28. The molecule has 136 valence electrons. The fourth-order valence-electron chi connectivity index (χ4n) is 3.02. The number of nitrogens with zero attached hydrogens (tertiary/aromatic N) is 1. The quantitative estimate of drug-likeness (QED) is 0.690. The van der Waals surface area contributed by atoms with E-state index >= 15 is 0 Å². The molecular weight excluding hydrogens is 340 g/mol. The van der Waals surface area contributed by atoms with E-state index in [0.29, 0.717) is 16.7 Å². The molecule has 5 heteroatoms. The third-order valence-electron chi connectivity index (χ3n) is 4.58. The molecule has 0 radical (unpaired) electrons. The maximum Gasteiger partial charge on any atom is 0.287 e. The fourth-order valence-corrected chi connectivity index (χ4v) is 3.02. The third-order valence-corrected chi connectivity index (χ3v) is 4.58. The number of hydrogen-bond donors (Lipinski definition) is 1. The van der Waals surface area contributed by atoms with Gasteiger partial charge in [-0.05, 0) is 31.0 Å². The van der Waals surface area contributed by atoms with E-state index in [1.807, 2.05) is 45.0 Å². The number of aryl methyl sites for hydroxylation is 1. The van der Waals surface area contributed by atoms with Crippen molar-refractivity contribution in [2.45, 2.75) is 26.8 Å². The van der Waals surface area contributed by atoms with Crippen LogP contribution in [0.5, 0.6) is 0 Å². The monoisotopic (exact) mass is 360 g/mol. The van der Waals surface area contributed by atoms with E-state index in [4.69, 9.17) is 9.68 Å². The van der Waals surface area contributed by atoms with Crippen molar-refractivity contribution in [1.82, 2.24) is 5.32 Å². The van der Waals surface area contributed by atoms with Crippen LogP contribution in [0.3, 0.4) is 0 Å². The molecule has 1 aromatic heterocycles. The van der Waals surface area contributed by atoms with Crippen LogP contribution in [0.1, 0.15) is 45.9 Å². The van der Waals surface area contributed by atoms with Gasteiger partial charge in [0.15, 0.2) is 11.5 Å². The predicted octanol–water partition coefficient (Wildman–Crippen LogP) is 4.25. The molecule has 1 atom stereocenters. The molecule has 5 nitrogen and oxygen atoms in total. The van der Waals surface area contributed by atoms with Gasteiger partial charge in [-0.2, -0.15) is 5.26 Å². The molecule has 0 spiro atoms. The number of Topliss-reactive ketones (excluding diaryl/α,β-unsaturated/α-hetero) is 1. The van der Waals surface area contributed by atoms with Crippen LogP contribution in [0, 0.1) is 24.2 Å². The van der Waals surface area contributed by atoms with E-state index in [1.165, 1.54) is 0 Å². The van der Waals surface area contributed by atoms with Gasteiger partial charge in [0, 0.05) is 16.5 Å². The number of hydrogen-bond acceptors (Lipinski definition) is 4. The van der Waals surface area contributed by atoms with Crippen molar-refractivity contribution in [3.8, 4) is 6.07 Å². The molecule has 1 N–H and O–H groups in total. The number of ketones is 1. The Morgan fingerprint density at radius 2 is 1.74 bits per heavy atom. The van der Waals surface area contributed by atoms with E-state index in [1.54, 1.807) is 30.3 Å². The summed E-state index contributed by atoms with van der Waals surface area (Å²) in [6.07, 6.45) is 0. The SMILES string of the molecule is Cc1c(C(=O)NC(C(=O)c2ccc(C#N)cc2)C(C)C)oc2ccccc12. The average molecular weight is 360 g/mol. The molecule has 0 fully saturated rings. The van der Waals surface area contributed by atoms with Gasteiger partial charge in [-0.1, -0.05) is 44.2 Å². The first-order chi connectivity index (χ1) is 12.9. The first-order valence-electron chi connectivity index (χ1n) is 8.75. The highest BCUT2D eigenvalue weighted by Crippen LogP contribution is 2.25. The summed E-state index contributed by atoms with van der Waals surface area (Å²) in [6.45, 7) is 5.57. The van der Waals surface area contributed by atoms with Crippen LogP contribution in [0.25, 0.3) is 11.0 Å². The number of nitrogens with one attached hydrogen (secondary N) is 1. The molecule has 27 heavy (non-hydrogen) atoms. The van der Waals surface area contributed by atoms with Crippen molar-refractivity contribution < 1.29 is 14.0 Å². The van der Waals surface area contributed by atoms with Gasteiger partial charge in [-0.3, -0.25) is 9.59 Å². The van der Waals surface area contributed by atoms with Crippen molar-refractivity contribution >= 4 is 22.7 Å². The lowest BCUT2D eigenvalue weighted by molar-refractivity contribution is 0.0817. The number of nitriles is 1. The Morgan fingerprint density at radius 1 is 1.07 bits per heavy atom. The number of benzene rings is 2. The average Bonchev–Trinajstić information content (AvgIpc) is 3.02. The second-order valence-electron chi connectivity index (χ2n) is 6.80. The Morgan fingerprint density at radius 3 is 2.33 bits per heavy atom. The summed E-state index contributed by atoms with van der Waals surface area (Å²) in [6, 6.07) is 15.2. The molecule has 1 amide bonds. The van der Waals surface area contributed by atoms with Gasteiger partial charge in [0.2, 0.25) is 0 Å². The largest absolute Gasteiger partial charge is 0.451 e. The van der Waals surface area contributed by atoms with Crippen LogP contribution in [-0.2, 0) is 0 Å². The van der Waals surface area contributed by atoms with Gasteiger partial charge in [0.25, 0.3) is 5.91 Å². The normalized spacial score (nSPS) is 12.0. The second-order valence-corrected chi connectivity index (χ2v) is 6.80. The maximum absolute atomic E-state index is 12.9. The molecule has 3 rings (SSSR count). The third kappa shape index (κ3) is 3.61. The summed E-state index contributed by atoms with van der Waals surface area (Å²) in [5.74, 6) is -0.503. The summed E-state index contributed by atoms with van der Waals surface area (Å²) in [5, 5.41) is 12.6. The fraction of sp³-hybridized carbons (Fsp3) is 0.227. The highest BCUT2D eigenvalue weighted by atomic mass is 16.3. The first-order valence-corrected chi connectivity index (χ1v) is 8.75. The van der Waals surface area contributed by atoms with Crippen LogP contribution in [-0.4, -0.2) is 17.7 Å². The van der Waals surface area contributed by atoms with Crippen molar-refractivity contribution in [2.24, 2.45) is 5.92 Å². The Bertz CT molecular complexity index is 1040. The van der Waals surface area contributed by atoms with E-state index in [9.17, 15) is 9.59 Å². The number of fused-ring (bicyclic) bond motifs is 1. The van der Waals surface area contributed by atoms with Gasteiger partial charge in [-0.15, -0.1) is 0 Å². The minimum Gasteiger partial charge on any atom is -0.451 e. The first kappa shape index (κ1) is 18.4. The van der Waals surface area contributed by atoms with E-state index in [2.05, 4.69) is 5.32 Å². The zero-order valence-electron chi connectivity index (χ0n) is 15.4. The predicted molar refractivity (Wildman–Crippen MR) is 103 cm³/mol. The lowest BCUT2D eigenvalue weighted by Gasteiger charge is -2.21. The second kappa shape index (κ2) is 7.46. The van der Waals surface area contributed by atoms with Crippen LogP contribution in [0.4, 0.5) is 0 Å². The molecule has 0 saturated carbocycles. The van der Waals surface area contributed by atoms with E-state index in [-0.39, 0.29) is 17.5 Å². The Labute approximate surface area is 157 Å². The minimum absolute atomic E-state index is 0.109. The summed E-state index contributed by atoms with van der Waals surface area (Å²) in [7, 11) is 0. The Kier molecular flexibility index (Phi) is 5.09. The number of furan rings is 1. The van der Waals surface area contributed by atoms with Crippen LogP contribution in [0.2, 0.25) is 0 Å². The van der Waals surface area contributed by atoms with Crippen LogP contribution < -0.4 is 5.32 Å². The molecule has 1 unspecified atom stereocenters. The van der Waals surface area contributed by atoms with E-state index < -0.39 is 11.9 Å². The molecule has 0 bridgehead atoms. The van der Waals surface area contributed by atoms with Gasteiger partial charge in [-0.25, -0.2) is 0 Å². The van der Waals surface area contributed by atoms with Crippen molar-refractivity contribution in [2.75, 3.05) is 0 Å². The molecule has 2 aromatic carbocycles. The number of para-hydroxylation sites is 1. The lowest BCUT2D eigenvalue weighted by atomic mass is 9.94. The van der Waals surface area contributed by atoms with Gasteiger partial charge in [0.05, 0.1) is 17.7 Å². The highest BCUT2D eigenvalue weighted by molar-refractivity contribution is 6.05. The summed E-state index contributed by atoms with van der Waals surface area (Å²) < 4.78 is 5.70. The molecule has 1 heterocycles. The molecule has 0 aliphatic carbocycles. The topological polar surface area (TPSA) is 83.1 Å². The van der Waals surface area contributed by atoms with E-state index in [0.717, 1.165) is 10.9 Å². The van der Waals surface area contributed by atoms with Crippen LogP contribution >= 0.6 is 0 Å². The standard InChI is InChI=1S/C22H20N2O3/c1-13(2)19(20(25)16-10-8-15(12-23)9-11-16)24-22(26)21-14(3)17-6-4-5-7-18(17)27-21/h4-11,13,19H,1-3H3,(H,24,26). The maximum atomic E-state index is 12.9. The smallest absolute Gasteiger partial charge is 0.287 e. The number of carbonyl (C=O) groups is 2. The minimum atomic E-state index is -0.696. The van der Waals surface area contributed by atoms with Crippen molar-refractivity contribution in [3.63, 3.8) is 0 Å². The molecule has 3 aromatic rings. The van der Waals surface area contributed by atoms with Crippen molar-refractivity contribution in [1.29, 1.82) is 5.26 Å². The molecule has 0 saturated heterocycles. The summed E-state index contributed by atoms with van der Waals surface area (Å²) in [5.41, 5.74) is 2.32. The Balaban J connectivity index is 1.86. The zero-order valence-corrected chi connectivity index (χ0v) is 15.4. The molecule has 0 aliphatic rings. The number of amides is 1. The number of carbonyl (C=O) groups excluding carboxylic acids is 2. The van der Waals surface area contributed by atoms with Gasteiger partial charge >= 0.3 is 0 Å². The Hall–Kier alpha value is -3.39. The summed E-state index contributed by atoms with van der Waals surface area (Å²) in [4.78, 5) is 25.7. The summed E-state index contributed by atoms with van der Waals surface area (Å²) >= 11 is 0. The molecule has 0 aliphatic heterocycles. The van der Waals surface area contributed by atoms with Gasteiger partial charge < -0.3 is 9.73 Å².